The SMILES string of the molecule is [CH2-]C1(CC)CCCN1C.[Ho]. The second kappa shape index (κ2) is 4.30. The second-order valence-corrected chi connectivity index (χ2v) is 3.10. The van der Waals surface area contributed by atoms with Crippen molar-refractivity contribution >= 4 is 0 Å². The molecular formula is C8H16HoN-. The van der Waals surface area contributed by atoms with Gasteiger partial charge in [0.2, 0.25) is 0 Å². The monoisotopic (exact) mass is 291 g/mol. The fourth-order valence-corrected chi connectivity index (χ4v) is 1.52. The first-order valence-corrected chi connectivity index (χ1v) is 3.75. The summed E-state index contributed by atoms with van der Waals surface area (Å²) in [4.78, 5) is 2.37. The van der Waals surface area contributed by atoms with Crippen LogP contribution in [0.25, 0.3) is 0 Å². The van der Waals surface area contributed by atoms with Crippen molar-refractivity contribution < 1.29 is 37.7 Å². The van der Waals surface area contributed by atoms with E-state index in [0.717, 1.165) is 0 Å². The molecule has 0 spiro atoms. The summed E-state index contributed by atoms with van der Waals surface area (Å²) in [7, 11) is 2.17. The van der Waals surface area contributed by atoms with Crippen LogP contribution in [0.5, 0.6) is 0 Å². The zero-order valence-electron chi connectivity index (χ0n) is 6.78. The van der Waals surface area contributed by atoms with E-state index in [0.29, 0.717) is 0 Å². The second-order valence-electron chi connectivity index (χ2n) is 3.10. The summed E-state index contributed by atoms with van der Waals surface area (Å²) in [6.45, 7) is 7.64. The molecule has 0 aliphatic carbocycles. The van der Waals surface area contributed by atoms with Crippen molar-refractivity contribution in [1.82, 2.24) is 4.90 Å². The van der Waals surface area contributed by atoms with Gasteiger partial charge in [-0.3, -0.25) is 0 Å². The van der Waals surface area contributed by atoms with Crippen LogP contribution in [-0.2, 0) is 0 Å². The van der Waals surface area contributed by atoms with Crippen molar-refractivity contribution in [1.29, 1.82) is 0 Å². The van der Waals surface area contributed by atoms with E-state index in [1.165, 1.54) is 25.8 Å². The summed E-state index contributed by atoms with van der Waals surface area (Å²) in [5.74, 6) is 0. The minimum atomic E-state index is 0. The Labute approximate surface area is 94.2 Å². The molecule has 1 unspecified atom stereocenters. The Morgan fingerprint density at radius 2 is 2.20 bits per heavy atom. The number of hydrogen-bond donors (Lipinski definition) is 0. The number of rotatable bonds is 1. The Balaban J connectivity index is 0.000000810. The van der Waals surface area contributed by atoms with Gasteiger partial charge in [0.15, 0.2) is 0 Å². The molecule has 1 rings (SSSR count). The van der Waals surface area contributed by atoms with Gasteiger partial charge in [-0.15, -0.1) is 5.54 Å². The Morgan fingerprint density at radius 3 is 2.40 bits per heavy atom. The molecule has 1 aliphatic heterocycles. The largest absolute Gasteiger partial charge is 0.330 e. The molecule has 1 aliphatic rings. The molecule has 0 amide bonds. The predicted octanol–water partition coefficient (Wildman–Crippen LogP) is 1.69. The van der Waals surface area contributed by atoms with Gasteiger partial charge in [-0.25, -0.2) is 0 Å². The first-order chi connectivity index (χ1) is 4.19. The molecule has 1 radical (unpaired) electrons. The smallest absolute Gasteiger partial charge is 0 e. The van der Waals surface area contributed by atoms with Crippen LogP contribution in [0.4, 0.5) is 0 Å². The summed E-state index contributed by atoms with van der Waals surface area (Å²) in [5, 5.41) is 0. The van der Waals surface area contributed by atoms with Crippen LogP contribution in [0, 0.1) is 44.7 Å². The van der Waals surface area contributed by atoms with Gasteiger partial charge in [0.1, 0.15) is 0 Å². The third-order valence-corrected chi connectivity index (χ3v) is 2.60. The number of hydrogen-bond acceptors (Lipinski definition) is 1. The Hall–Kier alpha value is 1.22. The molecule has 10 heavy (non-hydrogen) atoms. The molecule has 1 heterocycles. The predicted molar refractivity (Wildman–Crippen MR) is 40.2 cm³/mol. The maximum absolute atomic E-state index is 4.19. The van der Waals surface area contributed by atoms with Crippen molar-refractivity contribution in [2.75, 3.05) is 13.6 Å². The molecule has 0 aromatic heterocycles. The summed E-state index contributed by atoms with van der Waals surface area (Å²) in [6.07, 6.45) is 3.79. The maximum Gasteiger partial charge on any atom is 0 e. The molecule has 1 saturated heterocycles. The van der Waals surface area contributed by atoms with Crippen LogP contribution in [0.15, 0.2) is 0 Å². The molecule has 0 aromatic carbocycles. The van der Waals surface area contributed by atoms with Crippen LogP contribution in [-0.4, -0.2) is 24.0 Å². The molecule has 65 valence electrons. The van der Waals surface area contributed by atoms with Gasteiger partial charge in [0, 0.05) is 37.7 Å². The van der Waals surface area contributed by atoms with E-state index in [9.17, 15) is 0 Å². The van der Waals surface area contributed by atoms with E-state index in [2.05, 4.69) is 25.8 Å². The maximum atomic E-state index is 4.19. The normalized spacial score (nSPS) is 33.9. The fourth-order valence-electron chi connectivity index (χ4n) is 1.52. The van der Waals surface area contributed by atoms with Crippen molar-refractivity contribution in [3.8, 4) is 0 Å². The van der Waals surface area contributed by atoms with E-state index < -0.39 is 0 Å². The van der Waals surface area contributed by atoms with Gasteiger partial charge < -0.3 is 11.8 Å². The average molecular weight is 291 g/mol. The summed E-state index contributed by atoms with van der Waals surface area (Å²) in [6, 6.07) is 0. The van der Waals surface area contributed by atoms with E-state index in [4.69, 9.17) is 0 Å². The third-order valence-electron chi connectivity index (χ3n) is 2.60. The minimum Gasteiger partial charge on any atom is -0.330 e. The standard InChI is InChI=1S/C8H16N.Ho/c1-4-8(2)6-5-7-9(8)3;/h2,4-7H2,1,3H3;/q-1;. The molecule has 1 fully saturated rings. The van der Waals surface area contributed by atoms with Gasteiger partial charge in [-0.1, -0.05) is 19.8 Å². The quantitative estimate of drug-likeness (QED) is 0.525. The molecule has 0 aromatic rings. The first kappa shape index (κ1) is 11.2. The molecule has 1 nitrogen and oxygen atoms in total. The van der Waals surface area contributed by atoms with Gasteiger partial charge in [0.05, 0.1) is 0 Å². The van der Waals surface area contributed by atoms with Crippen molar-refractivity contribution in [3.05, 3.63) is 6.92 Å². The summed E-state index contributed by atoms with van der Waals surface area (Å²) in [5.41, 5.74) is 0.278. The third kappa shape index (κ3) is 2.10. The first-order valence-electron chi connectivity index (χ1n) is 3.75. The van der Waals surface area contributed by atoms with Crippen LogP contribution >= 0.6 is 0 Å². The molecule has 0 N–H and O–H groups in total. The number of nitrogens with zero attached hydrogens (tertiary/aromatic N) is 1. The minimum absolute atomic E-state index is 0. The van der Waals surface area contributed by atoms with E-state index >= 15 is 0 Å². The molecule has 0 saturated carbocycles. The van der Waals surface area contributed by atoms with E-state index in [-0.39, 0.29) is 43.3 Å². The zero-order valence-corrected chi connectivity index (χ0v) is 8.72. The van der Waals surface area contributed by atoms with Crippen molar-refractivity contribution in [2.45, 2.75) is 31.7 Å². The van der Waals surface area contributed by atoms with Crippen LogP contribution < -0.4 is 0 Å². The molecule has 2 heteroatoms. The van der Waals surface area contributed by atoms with Gasteiger partial charge in [-0.2, -0.15) is 0 Å². The van der Waals surface area contributed by atoms with Gasteiger partial charge in [-0.05, 0) is 20.0 Å². The van der Waals surface area contributed by atoms with E-state index in [1.807, 2.05) is 0 Å². The topological polar surface area (TPSA) is 3.24 Å². The zero-order chi connectivity index (χ0) is 6.91. The fraction of sp³-hybridized carbons (Fsp3) is 0.875. The van der Waals surface area contributed by atoms with Crippen LogP contribution in [0.1, 0.15) is 26.2 Å². The van der Waals surface area contributed by atoms with Gasteiger partial charge in [0.25, 0.3) is 0 Å². The summed E-state index contributed by atoms with van der Waals surface area (Å²) < 4.78 is 0. The Kier molecular flexibility index (Phi) is 4.82. The Bertz CT molecular complexity index is 105. The molecule has 1 atom stereocenters. The number of likely N-dealkylation sites (tertiary alicyclic amines) is 1. The Morgan fingerprint density at radius 1 is 1.60 bits per heavy atom. The van der Waals surface area contributed by atoms with Crippen LogP contribution in [0.2, 0.25) is 0 Å². The van der Waals surface area contributed by atoms with Crippen molar-refractivity contribution in [3.63, 3.8) is 0 Å². The molecular weight excluding hydrogens is 275 g/mol. The van der Waals surface area contributed by atoms with E-state index in [1.54, 1.807) is 0 Å². The average Bonchev–Trinajstić information content (AvgIpc) is 2.15. The molecule has 0 bridgehead atoms. The van der Waals surface area contributed by atoms with Gasteiger partial charge >= 0.3 is 0 Å². The summed E-state index contributed by atoms with van der Waals surface area (Å²) >= 11 is 0. The van der Waals surface area contributed by atoms with Crippen LogP contribution in [0.3, 0.4) is 0 Å². The van der Waals surface area contributed by atoms with Crippen molar-refractivity contribution in [2.24, 2.45) is 0 Å².